The fraction of sp³-hybridized carbons (Fsp3) is 0.521. The van der Waals surface area contributed by atoms with Crippen molar-refractivity contribution < 1.29 is 0 Å². The zero-order chi connectivity index (χ0) is 51.6. The number of rotatable bonds is 33. The monoisotopic (exact) mass is 988 g/mol. The highest BCUT2D eigenvalue weighted by molar-refractivity contribution is 5.85. The van der Waals surface area contributed by atoms with Crippen molar-refractivity contribution in [2.75, 3.05) is 0 Å². The van der Waals surface area contributed by atoms with Crippen LogP contribution in [0.2, 0.25) is 0 Å². The Morgan fingerprint density at radius 1 is 0.351 bits per heavy atom. The number of unbranched alkanes of at least 4 members (excludes halogenated alkanes) is 19. The Bertz CT molecular complexity index is 2560. The van der Waals surface area contributed by atoms with Crippen molar-refractivity contribution in [3.8, 4) is 33.5 Å². The Hall–Kier alpha value is -4.75. The summed E-state index contributed by atoms with van der Waals surface area (Å²) in [6, 6.07) is 44.1. The predicted octanol–water partition coefficient (Wildman–Crippen LogP) is 21.9. The molecular formula is C73H97N. The molecule has 0 bridgehead atoms. The Morgan fingerprint density at radius 2 is 0.811 bits per heavy atom. The Kier molecular flexibility index (Phi) is 20.9. The molecule has 2 aliphatic rings. The molecule has 0 radical (unpaired) electrons. The van der Waals surface area contributed by atoms with Crippen LogP contribution in [0.15, 0.2) is 115 Å². The van der Waals surface area contributed by atoms with Gasteiger partial charge in [-0.25, -0.2) is 0 Å². The van der Waals surface area contributed by atoms with Gasteiger partial charge in [0.1, 0.15) is 0 Å². The van der Waals surface area contributed by atoms with Crippen LogP contribution in [0, 0.1) is 13.8 Å². The van der Waals surface area contributed by atoms with Crippen molar-refractivity contribution in [1.29, 1.82) is 0 Å². The van der Waals surface area contributed by atoms with Gasteiger partial charge in [-0.3, -0.25) is 4.98 Å². The third-order valence-electron chi connectivity index (χ3n) is 17.8. The Balaban J connectivity index is 0.975. The van der Waals surface area contributed by atoms with Gasteiger partial charge in [-0.05, 0) is 151 Å². The summed E-state index contributed by atoms with van der Waals surface area (Å²) in [5.41, 5.74) is 23.2. The third-order valence-corrected chi connectivity index (χ3v) is 17.8. The van der Waals surface area contributed by atoms with Gasteiger partial charge >= 0.3 is 0 Å². The number of benzene rings is 5. The van der Waals surface area contributed by atoms with Crippen LogP contribution in [0.25, 0.3) is 33.5 Å². The number of aryl methyl sites for hydroxylation is 5. The quantitative estimate of drug-likeness (QED) is 0.0375. The zero-order valence-electron chi connectivity index (χ0n) is 47.6. The summed E-state index contributed by atoms with van der Waals surface area (Å²) in [4.78, 5) is 5.22. The highest BCUT2D eigenvalue weighted by Crippen LogP contribution is 2.57. The minimum absolute atomic E-state index is 0.0915. The van der Waals surface area contributed by atoms with Crippen LogP contribution in [0.4, 0.5) is 0 Å². The Labute approximate surface area is 452 Å². The van der Waals surface area contributed by atoms with E-state index in [0.717, 1.165) is 18.5 Å². The third kappa shape index (κ3) is 13.3. The van der Waals surface area contributed by atoms with Crippen LogP contribution in [0.5, 0.6) is 0 Å². The summed E-state index contributed by atoms with van der Waals surface area (Å²) < 4.78 is 0. The smallest absolute Gasteiger partial charge is 0.0702 e. The lowest BCUT2D eigenvalue weighted by Crippen LogP contribution is -2.28. The lowest BCUT2D eigenvalue weighted by atomic mass is 9.68. The molecule has 1 heteroatoms. The number of pyridine rings is 1. The molecule has 5 aromatic carbocycles. The van der Waals surface area contributed by atoms with Gasteiger partial charge in [0.25, 0.3) is 0 Å². The normalized spacial score (nSPS) is 13.8. The molecule has 8 rings (SSSR count). The lowest BCUT2D eigenvalue weighted by molar-refractivity contribution is 0.398. The van der Waals surface area contributed by atoms with Crippen molar-refractivity contribution in [3.63, 3.8) is 0 Å². The molecule has 0 saturated heterocycles. The molecule has 74 heavy (non-hydrogen) atoms. The highest BCUT2D eigenvalue weighted by atomic mass is 14.7. The topological polar surface area (TPSA) is 12.9 Å². The first-order valence-corrected chi connectivity index (χ1v) is 30.9. The van der Waals surface area contributed by atoms with E-state index in [4.69, 9.17) is 4.98 Å². The van der Waals surface area contributed by atoms with Gasteiger partial charge in [0.15, 0.2) is 0 Å². The lowest BCUT2D eigenvalue weighted by Gasteiger charge is -2.34. The van der Waals surface area contributed by atoms with E-state index in [1.54, 1.807) is 38.9 Å². The maximum Gasteiger partial charge on any atom is 0.0702 e. The maximum atomic E-state index is 5.22. The van der Waals surface area contributed by atoms with Crippen LogP contribution in [-0.4, -0.2) is 4.98 Å². The van der Waals surface area contributed by atoms with Crippen molar-refractivity contribution in [2.24, 2.45) is 0 Å². The van der Waals surface area contributed by atoms with E-state index in [0.29, 0.717) is 0 Å². The molecule has 1 aromatic heterocycles. The van der Waals surface area contributed by atoms with E-state index in [2.05, 4.69) is 157 Å². The predicted molar refractivity (Wildman–Crippen MR) is 322 cm³/mol. The van der Waals surface area contributed by atoms with E-state index in [1.165, 1.54) is 224 Å². The number of fused-ring (bicyclic) bond motifs is 6. The minimum Gasteiger partial charge on any atom is -0.256 e. The maximum absolute atomic E-state index is 5.22. The average molecular weight is 989 g/mol. The zero-order valence-corrected chi connectivity index (χ0v) is 47.6. The second-order valence-electron chi connectivity index (χ2n) is 23.6. The molecule has 0 saturated carbocycles. The fourth-order valence-electron chi connectivity index (χ4n) is 13.7. The van der Waals surface area contributed by atoms with Crippen molar-refractivity contribution in [2.45, 2.75) is 245 Å². The van der Waals surface area contributed by atoms with Gasteiger partial charge in [0.2, 0.25) is 0 Å². The molecule has 1 nitrogen and oxygen atoms in total. The molecule has 1 heterocycles. The van der Waals surface area contributed by atoms with Crippen LogP contribution in [0.1, 0.15) is 257 Å². The molecule has 0 atom stereocenters. The second-order valence-corrected chi connectivity index (χ2v) is 23.6. The van der Waals surface area contributed by atoms with E-state index in [9.17, 15) is 0 Å². The summed E-state index contributed by atoms with van der Waals surface area (Å²) in [7, 11) is 0. The van der Waals surface area contributed by atoms with Crippen molar-refractivity contribution in [1.82, 2.24) is 4.98 Å². The van der Waals surface area contributed by atoms with Gasteiger partial charge in [-0.2, -0.15) is 0 Å². The Morgan fingerprint density at radius 3 is 1.36 bits per heavy atom. The van der Waals surface area contributed by atoms with Gasteiger partial charge in [0, 0.05) is 22.6 Å². The van der Waals surface area contributed by atoms with Crippen molar-refractivity contribution >= 4 is 0 Å². The molecule has 0 aliphatic heterocycles. The molecule has 0 N–H and O–H groups in total. The van der Waals surface area contributed by atoms with Crippen LogP contribution >= 0.6 is 0 Å². The summed E-state index contributed by atoms with van der Waals surface area (Å²) in [6.07, 6.45) is 40.8. The molecule has 0 spiro atoms. The molecule has 394 valence electrons. The highest BCUT2D eigenvalue weighted by Gasteiger charge is 2.45. The number of aromatic nitrogens is 1. The number of nitrogens with zero attached hydrogens (tertiary/aromatic N) is 1. The summed E-state index contributed by atoms with van der Waals surface area (Å²) >= 11 is 0. The first-order valence-electron chi connectivity index (χ1n) is 30.9. The molecule has 2 aliphatic carbocycles. The largest absolute Gasteiger partial charge is 0.256 e. The number of hydrogen-bond acceptors (Lipinski definition) is 1. The summed E-state index contributed by atoms with van der Waals surface area (Å²) in [6.45, 7) is 13.9. The van der Waals surface area contributed by atoms with Gasteiger partial charge in [0.05, 0.1) is 5.69 Å². The SMILES string of the molecule is CCCCCCCCC1(CCCCCCCC)c2ccccc2-c2ccc(-c3ccc(CCCCCCC4(c5cc(CCCCCC)cc(CCCCCC)c5)c5cc(C)ccc5-c5ccc(C)cc54)cn3)cc21. The molecule has 0 fully saturated rings. The van der Waals surface area contributed by atoms with E-state index in [1.807, 2.05) is 0 Å². The fourth-order valence-corrected chi connectivity index (χ4v) is 13.7. The van der Waals surface area contributed by atoms with E-state index in [-0.39, 0.29) is 10.8 Å². The van der Waals surface area contributed by atoms with Crippen molar-refractivity contribution in [3.05, 3.63) is 171 Å². The molecule has 0 amide bonds. The average Bonchev–Trinajstić information content (AvgIpc) is 3.87. The first kappa shape index (κ1) is 55.5. The van der Waals surface area contributed by atoms with Gasteiger partial charge < -0.3 is 0 Å². The van der Waals surface area contributed by atoms with E-state index < -0.39 is 0 Å². The summed E-state index contributed by atoms with van der Waals surface area (Å²) in [5.74, 6) is 0. The molecule has 0 unspecified atom stereocenters. The van der Waals surface area contributed by atoms with Crippen LogP contribution in [-0.2, 0) is 30.1 Å². The van der Waals surface area contributed by atoms with Gasteiger partial charge in [-0.1, -0.05) is 271 Å². The molecular weight excluding hydrogens is 891 g/mol. The van der Waals surface area contributed by atoms with Gasteiger partial charge in [-0.15, -0.1) is 0 Å². The van der Waals surface area contributed by atoms with Crippen LogP contribution in [0.3, 0.4) is 0 Å². The minimum atomic E-state index is -0.136. The summed E-state index contributed by atoms with van der Waals surface area (Å²) in [5, 5.41) is 0. The second kappa shape index (κ2) is 27.9. The van der Waals surface area contributed by atoms with Crippen LogP contribution < -0.4 is 0 Å². The standard InChI is InChI=1S/C73H97N/c1-7-11-15-19-22-30-46-72(47-31-23-20-16-12-8-2)67-37-29-28-36-63(67)64-44-41-61(54-68(64)72)71-45-40-58(55-74-71)33-27-21-24-32-48-73(69-49-56(5)38-42-65(69)66-43-39-57(6)50-70(66)73)62-52-59(34-25-17-13-9-3)51-60(53-62)35-26-18-14-10-4/h28-29,36-45,49-55H,7-27,30-35,46-48H2,1-6H3. The van der Waals surface area contributed by atoms with E-state index >= 15 is 0 Å². The number of hydrogen-bond donors (Lipinski definition) is 0. The molecule has 6 aromatic rings. The first-order chi connectivity index (χ1) is 36.3.